The van der Waals surface area contributed by atoms with Crippen LogP contribution in [-0.2, 0) is 4.79 Å². The van der Waals surface area contributed by atoms with Crippen molar-refractivity contribution in [3.8, 4) is 5.75 Å². The number of rotatable bonds is 7. The average molecular weight is 380 g/mol. The smallest absolute Gasteiger partial charge is 0.261 e. The first-order valence-corrected chi connectivity index (χ1v) is 9.26. The number of ether oxygens (including phenoxy) is 1. The summed E-state index contributed by atoms with van der Waals surface area (Å²) in [7, 11) is 0. The van der Waals surface area contributed by atoms with Crippen LogP contribution in [0.3, 0.4) is 0 Å². The van der Waals surface area contributed by atoms with Crippen LogP contribution in [0, 0.1) is 5.92 Å². The van der Waals surface area contributed by atoms with E-state index >= 15 is 0 Å². The molecular weight excluding hydrogens is 356 g/mol. The lowest BCUT2D eigenvalue weighted by molar-refractivity contribution is -0.119. The van der Waals surface area contributed by atoms with Gasteiger partial charge in [-0.2, -0.15) is 0 Å². The normalized spacial score (nSPS) is 12.0. The largest absolute Gasteiger partial charge is 0.494 e. The van der Waals surface area contributed by atoms with Crippen molar-refractivity contribution in [3.05, 3.63) is 60.4 Å². The molecule has 1 atom stereocenters. The highest BCUT2D eigenvalue weighted by atomic mass is 16.5. The van der Waals surface area contributed by atoms with Gasteiger partial charge in [-0.15, -0.1) is 0 Å². The van der Waals surface area contributed by atoms with Gasteiger partial charge in [0.15, 0.2) is 0 Å². The summed E-state index contributed by atoms with van der Waals surface area (Å²) in [6.45, 7) is 6.23. The molecule has 28 heavy (non-hydrogen) atoms. The van der Waals surface area contributed by atoms with Gasteiger partial charge >= 0.3 is 0 Å². The minimum absolute atomic E-state index is 0.0959. The molecule has 7 nitrogen and oxygen atoms in total. The van der Waals surface area contributed by atoms with Crippen LogP contribution < -0.4 is 15.5 Å². The van der Waals surface area contributed by atoms with Gasteiger partial charge in [0, 0.05) is 5.56 Å². The zero-order valence-electron chi connectivity index (χ0n) is 16.2. The monoisotopic (exact) mass is 380 g/mol. The van der Waals surface area contributed by atoms with Crippen LogP contribution >= 0.6 is 0 Å². The Morgan fingerprint density at radius 3 is 2.50 bits per heavy atom. The number of carbonyl (C=O) groups is 2. The Hall–Kier alpha value is -3.35. The summed E-state index contributed by atoms with van der Waals surface area (Å²) in [6, 6.07) is 13.6. The van der Waals surface area contributed by atoms with Gasteiger partial charge in [-0.3, -0.25) is 15.0 Å². The number of para-hydroxylation sites is 2. The second kappa shape index (κ2) is 8.56. The predicted molar refractivity (Wildman–Crippen MR) is 108 cm³/mol. The molecule has 0 saturated heterocycles. The van der Waals surface area contributed by atoms with E-state index < -0.39 is 6.04 Å². The molecule has 0 aliphatic heterocycles. The second-order valence-electron chi connectivity index (χ2n) is 6.73. The van der Waals surface area contributed by atoms with E-state index in [0.717, 1.165) is 11.0 Å². The van der Waals surface area contributed by atoms with E-state index in [0.29, 0.717) is 17.9 Å². The number of aromatic nitrogens is 2. The van der Waals surface area contributed by atoms with Crippen molar-refractivity contribution < 1.29 is 14.3 Å². The minimum atomic E-state index is -0.694. The zero-order valence-corrected chi connectivity index (χ0v) is 16.2. The quantitative estimate of drug-likeness (QED) is 0.660. The molecule has 1 unspecified atom stereocenters. The first kappa shape index (κ1) is 19.4. The molecule has 1 heterocycles. The summed E-state index contributed by atoms with van der Waals surface area (Å²) < 4.78 is 6.95. The lowest BCUT2D eigenvalue weighted by Gasteiger charge is -2.22. The van der Waals surface area contributed by atoms with E-state index in [1.54, 1.807) is 35.3 Å². The van der Waals surface area contributed by atoms with Gasteiger partial charge in [0.25, 0.3) is 11.8 Å². The average Bonchev–Trinajstić information content (AvgIpc) is 3.09. The molecule has 2 N–H and O–H groups in total. The first-order chi connectivity index (χ1) is 13.5. The lowest BCUT2D eigenvalue weighted by atomic mass is 10.0. The van der Waals surface area contributed by atoms with Crippen molar-refractivity contribution in [3.63, 3.8) is 0 Å². The number of nitrogens with zero attached hydrogens (tertiary/aromatic N) is 2. The highest BCUT2D eigenvalue weighted by Crippen LogP contribution is 2.14. The van der Waals surface area contributed by atoms with Crippen LogP contribution in [0.1, 0.15) is 31.1 Å². The molecule has 0 aliphatic rings. The number of imidazole rings is 1. The van der Waals surface area contributed by atoms with E-state index in [2.05, 4.69) is 15.7 Å². The SMILES string of the molecule is CCOc1ccc(C(=O)NC(C(=O)Nn2cnc3ccccc32)C(C)C)cc1. The predicted octanol–water partition coefficient (Wildman–Crippen LogP) is 2.96. The lowest BCUT2D eigenvalue weighted by Crippen LogP contribution is -2.48. The summed E-state index contributed by atoms with van der Waals surface area (Å²) in [5.41, 5.74) is 4.85. The second-order valence-corrected chi connectivity index (χ2v) is 6.73. The molecule has 3 rings (SSSR count). The van der Waals surface area contributed by atoms with Crippen molar-refractivity contribution in [1.29, 1.82) is 0 Å². The fourth-order valence-corrected chi connectivity index (χ4v) is 2.87. The van der Waals surface area contributed by atoms with Crippen molar-refractivity contribution in [2.24, 2.45) is 5.92 Å². The highest BCUT2D eigenvalue weighted by Gasteiger charge is 2.25. The molecular formula is C21H24N4O3. The Kier molecular flexibility index (Phi) is 5.93. The number of fused-ring (bicyclic) bond motifs is 1. The Labute approximate surface area is 163 Å². The Balaban J connectivity index is 1.71. The molecule has 0 aliphatic carbocycles. The number of nitrogens with one attached hydrogen (secondary N) is 2. The van der Waals surface area contributed by atoms with Crippen molar-refractivity contribution >= 4 is 22.8 Å². The van der Waals surface area contributed by atoms with Crippen molar-refractivity contribution in [1.82, 2.24) is 15.0 Å². The highest BCUT2D eigenvalue weighted by molar-refractivity contribution is 5.99. The Morgan fingerprint density at radius 2 is 1.82 bits per heavy atom. The summed E-state index contributed by atoms with van der Waals surface area (Å²) in [4.78, 5) is 29.7. The van der Waals surface area contributed by atoms with E-state index in [-0.39, 0.29) is 17.7 Å². The molecule has 7 heteroatoms. The number of amides is 2. The molecule has 0 spiro atoms. The number of hydrogen-bond acceptors (Lipinski definition) is 4. The van der Waals surface area contributed by atoms with E-state index in [1.165, 1.54) is 0 Å². The first-order valence-electron chi connectivity index (χ1n) is 9.26. The minimum Gasteiger partial charge on any atom is -0.494 e. The van der Waals surface area contributed by atoms with E-state index in [9.17, 15) is 9.59 Å². The van der Waals surface area contributed by atoms with Crippen LogP contribution in [-0.4, -0.2) is 34.1 Å². The molecule has 0 fully saturated rings. The van der Waals surface area contributed by atoms with Gasteiger partial charge in [0.1, 0.15) is 18.1 Å². The van der Waals surface area contributed by atoms with Crippen LogP contribution in [0.15, 0.2) is 54.9 Å². The summed E-state index contributed by atoms with van der Waals surface area (Å²) in [6.07, 6.45) is 1.55. The maximum atomic E-state index is 12.8. The number of hydrogen-bond donors (Lipinski definition) is 2. The third-order valence-electron chi connectivity index (χ3n) is 4.35. The van der Waals surface area contributed by atoms with Gasteiger partial charge in [-0.1, -0.05) is 26.0 Å². The fourth-order valence-electron chi connectivity index (χ4n) is 2.87. The van der Waals surface area contributed by atoms with Gasteiger partial charge in [0.2, 0.25) is 0 Å². The van der Waals surface area contributed by atoms with Crippen LogP contribution in [0.4, 0.5) is 0 Å². The third-order valence-corrected chi connectivity index (χ3v) is 4.35. The zero-order chi connectivity index (χ0) is 20.1. The van der Waals surface area contributed by atoms with Crippen LogP contribution in [0.5, 0.6) is 5.75 Å². The topological polar surface area (TPSA) is 85.2 Å². The summed E-state index contributed by atoms with van der Waals surface area (Å²) in [5.74, 6) is -0.0181. The van der Waals surface area contributed by atoms with Crippen LogP contribution in [0.25, 0.3) is 11.0 Å². The Bertz CT molecular complexity index is 963. The standard InChI is InChI=1S/C21H24N4O3/c1-4-28-16-11-9-15(10-12-16)20(26)23-19(14(2)3)21(27)24-25-13-22-17-7-5-6-8-18(17)25/h5-14,19H,4H2,1-3H3,(H,23,26)(H,24,27). The molecule has 0 radical (unpaired) electrons. The molecule has 146 valence electrons. The van der Waals surface area contributed by atoms with Gasteiger partial charge in [0.05, 0.1) is 17.6 Å². The van der Waals surface area contributed by atoms with Gasteiger partial charge in [-0.05, 0) is 49.2 Å². The summed E-state index contributed by atoms with van der Waals surface area (Å²) in [5, 5.41) is 2.82. The third kappa shape index (κ3) is 4.31. The van der Waals surface area contributed by atoms with Crippen LogP contribution in [0.2, 0.25) is 0 Å². The number of carbonyl (C=O) groups excluding carboxylic acids is 2. The van der Waals surface area contributed by atoms with Crippen molar-refractivity contribution in [2.45, 2.75) is 26.8 Å². The maximum Gasteiger partial charge on any atom is 0.261 e. The molecule has 0 bridgehead atoms. The van der Waals surface area contributed by atoms with E-state index in [1.807, 2.05) is 45.0 Å². The van der Waals surface area contributed by atoms with E-state index in [4.69, 9.17) is 4.74 Å². The fraction of sp³-hybridized carbons (Fsp3) is 0.286. The maximum absolute atomic E-state index is 12.8. The van der Waals surface area contributed by atoms with Gasteiger partial charge < -0.3 is 10.1 Å². The van der Waals surface area contributed by atoms with Crippen molar-refractivity contribution in [2.75, 3.05) is 12.0 Å². The molecule has 2 amide bonds. The van der Waals surface area contributed by atoms with Gasteiger partial charge in [-0.25, -0.2) is 9.66 Å². The molecule has 3 aromatic rings. The summed E-state index contributed by atoms with van der Waals surface area (Å²) >= 11 is 0. The molecule has 1 aromatic heterocycles. The molecule has 0 saturated carbocycles. The molecule has 2 aromatic carbocycles. The Morgan fingerprint density at radius 1 is 1.11 bits per heavy atom. The number of benzene rings is 2.